The first-order chi connectivity index (χ1) is 12.2. The molecule has 0 atom stereocenters. The molecule has 0 aliphatic heterocycles. The molecule has 25 heavy (non-hydrogen) atoms. The fourth-order valence-corrected chi connectivity index (χ4v) is 2.84. The molecule has 0 radical (unpaired) electrons. The van der Waals surface area contributed by atoms with Crippen LogP contribution < -0.4 is 10.6 Å². The van der Waals surface area contributed by atoms with Gasteiger partial charge in [-0.15, -0.1) is 0 Å². The maximum absolute atomic E-state index is 13.2. The van der Waals surface area contributed by atoms with Crippen LogP contribution in [0, 0.1) is 11.7 Å². The van der Waals surface area contributed by atoms with Crippen LogP contribution in [0.25, 0.3) is 21.9 Å². The third-order valence-corrected chi connectivity index (χ3v) is 4.36. The van der Waals surface area contributed by atoms with Crippen molar-refractivity contribution in [1.82, 2.24) is 9.97 Å². The van der Waals surface area contributed by atoms with E-state index in [4.69, 9.17) is 0 Å². The Morgan fingerprint density at radius 3 is 2.56 bits per heavy atom. The third-order valence-electron chi connectivity index (χ3n) is 4.36. The van der Waals surface area contributed by atoms with Crippen LogP contribution in [-0.4, -0.2) is 22.9 Å². The summed E-state index contributed by atoms with van der Waals surface area (Å²) in [6.07, 6.45) is 5.32. The number of aromatic nitrogens is 2. The van der Waals surface area contributed by atoms with Crippen molar-refractivity contribution in [3.05, 3.63) is 48.5 Å². The lowest BCUT2D eigenvalue weighted by Gasteiger charge is -2.12. The number of amides is 1. The lowest BCUT2D eigenvalue weighted by molar-refractivity contribution is -0.117. The lowest BCUT2D eigenvalue weighted by atomic mass is 10.0. The molecule has 0 bridgehead atoms. The number of anilines is 2. The summed E-state index contributed by atoms with van der Waals surface area (Å²) < 4.78 is 13.2. The maximum Gasteiger partial charge on any atom is 0.228 e. The highest BCUT2D eigenvalue weighted by molar-refractivity contribution is 6.03. The second-order valence-electron chi connectivity index (χ2n) is 6.16. The highest BCUT2D eigenvalue weighted by Crippen LogP contribution is 2.34. The molecule has 3 aromatic rings. The third kappa shape index (κ3) is 3.03. The molecule has 6 heteroatoms. The Morgan fingerprint density at radius 1 is 1.12 bits per heavy atom. The molecule has 1 saturated carbocycles. The molecule has 5 nitrogen and oxygen atoms in total. The zero-order valence-corrected chi connectivity index (χ0v) is 13.7. The summed E-state index contributed by atoms with van der Waals surface area (Å²) in [4.78, 5) is 20.8. The molecule has 2 aromatic heterocycles. The molecule has 1 aromatic carbocycles. The van der Waals surface area contributed by atoms with E-state index < -0.39 is 0 Å². The van der Waals surface area contributed by atoms with Gasteiger partial charge < -0.3 is 10.6 Å². The second-order valence-corrected chi connectivity index (χ2v) is 6.16. The van der Waals surface area contributed by atoms with Gasteiger partial charge >= 0.3 is 0 Å². The first-order valence-corrected chi connectivity index (χ1v) is 8.19. The standard InChI is InChI=1S/C19H17FN4O/c1-21-18-16-10-22-17(24-19(25)12-2-3-12)8-14(16)15(9-23-18)11-4-6-13(20)7-5-11/h4-10,12H,2-3H2,1H3,(H,21,23)(H,22,24,25). The molecule has 2 N–H and O–H groups in total. The fraction of sp³-hybridized carbons (Fsp3) is 0.211. The van der Waals surface area contributed by atoms with Gasteiger partial charge in [-0.05, 0) is 42.0 Å². The average molecular weight is 336 g/mol. The van der Waals surface area contributed by atoms with E-state index in [1.54, 1.807) is 31.6 Å². The number of nitrogens with zero attached hydrogens (tertiary/aromatic N) is 2. The molecule has 4 rings (SSSR count). The van der Waals surface area contributed by atoms with Crippen molar-refractivity contribution in [2.75, 3.05) is 17.7 Å². The van der Waals surface area contributed by atoms with Crippen molar-refractivity contribution < 1.29 is 9.18 Å². The number of nitrogens with one attached hydrogen (secondary N) is 2. The summed E-state index contributed by atoms with van der Waals surface area (Å²) in [7, 11) is 1.79. The summed E-state index contributed by atoms with van der Waals surface area (Å²) >= 11 is 0. The van der Waals surface area contributed by atoms with Gasteiger partial charge in [-0.25, -0.2) is 14.4 Å². The van der Waals surface area contributed by atoms with Crippen molar-refractivity contribution in [2.24, 2.45) is 5.92 Å². The Kier molecular flexibility index (Phi) is 3.80. The molecular weight excluding hydrogens is 319 g/mol. The summed E-state index contributed by atoms with van der Waals surface area (Å²) in [5.74, 6) is 1.05. The molecule has 1 fully saturated rings. The van der Waals surface area contributed by atoms with Crippen molar-refractivity contribution in [1.29, 1.82) is 0 Å². The molecule has 1 aliphatic rings. The Labute approximate surface area is 144 Å². The Morgan fingerprint density at radius 2 is 1.88 bits per heavy atom. The minimum absolute atomic E-state index is 0.0121. The lowest BCUT2D eigenvalue weighted by Crippen LogP contribution is -2.14. The van der Waals surface area contributed by atoms with Gasteiger partial charge in [-0.3, -0.25) is 4.79 Å². The van der Waals surface area contributed by atoms with Gasteiger partial charge in [-0.2, -0.15) is 0 Å². The van der Waals surface area contributed by atoms with Crippen LogP contribution in [0.15, 0.2) is 42.7 Å². The normalized spacial score (nSPS) is 13.7. The van der Waals surface area contributed by atoms with Gasteiger partial charge in [0.25, 0.3) is 0 Å². The minimum Gasteiger partial charge on any atom is -0.373 e. The molecular formula is C19H17FN4O. The summed E-state index contributed by atoms with van der Waals surface area (Å²) in [6, 6.07) is 8.12. The van der Waals surface area contributed by atoms with E-state index >= 15 is 0 Å². The van der Waals surface area contributed by atoms with Crippen molar-refractivity contribution in [2.45, 2.75) is 12.8 Å². The van der Waals surface area contributed by atoms with E-state index in [2.05, 4.69) is 20.6 Å². The quantitative estimate of drug-likeness (QED) is 0.760. The number of carbonyl (C=O) groups is 1. The number of carbonyl (C=O) groups excluding carboxylic acids is 1. The number of halogens is 1. The van der Waals surface area contributed by atoms with E-state index in [-0.39, 0.29) is 17.6 Å². The molecule has 1 aliphatic carbocycles. The predicted molar refractivity (Wildman–Crippen MR) is 95.8 cm³/mol. The van der Waals surface area contributed by atoms with Crippen LogP contribution in [0.3, 0.4) is 0 Å². The Hall–Kier alpha value is -3.02. The van der Waals surface area contributed by atoms with Crippen LogP contribution in [-0.2, 0) is 4.79 Å². The monoisotopic (exact) mass is 336 g/mol. The maximum atomic E-state index is 13.2. The van der Waals surface area contributed by atoms with E-state index in [1.165, 1.54) is 12.1 Å². The molecule has 0 saturated heterocycles. The van der Waals surface area contributed by atoms with Gasteiger partial charge in [0, 0.05) is 36.3 Å². The fourth-order valence-electron chi connectivity index (χ4n) is 2.84. The SMILES string of the molecule is CNc1ncc(-c2ccc(F)cc2)c2cc(NC(=O)C3CC3)ncc12. The molecule has 126 valence electrons. The minimum atomic E-state index is -0.285. The Bertz CT molecular complexity index is 952. The van der Waals surface area contributed by atoms with Gasteiger partial charge in [0.05, 0.1) is 0 Å². The number of benzene rings is 1. The Balaban J connectivity index is 1.83. The van der Waals surface area contributed by atoms with Gasteiger partial charge in [-0.1, -0.05) is 12.1 Å². The number of hydrogen-bond acceptors (Lipinski definition) is 4. The van der Waals surface area contributed by atoms with E-state index in [9.17, 15) is 9.18 Å². The topological polar surface area (TPSA) is 66.9 Å². The van der Waals surface area contributed by atoms with Gasteiger partial charge in [0.1, 0.15) is 17.5 Å². The van der Waals surface area contributed by atoms with Crippen molar-refractivity contribution in [3.63, 3.8) is 0 Å². The molecule has 0 spiro atoms. The number of rotatable bonds is 4. The molecule has 0 unspecified atom stereocenters. The van der Waals surface area contributed by atoms with Gasteiger partial charge in [0.2, 0.25) is 5.91 Å². The molecule has 1 amide bonds. The summed E-state index contributed by atoms with van der Waals surface area (Å²) in [5.41, 5.74) is 1.71. The van der Waals surface area contributed by atoms with E-state index in [1.807, 2.05) is 6.07 Å². The zero-order chi connectivity index (χ0) is 17.4. The van der Waals surface area contributed by atoms with Crippen molar-refractivity contribution in [3.8, 4) is 11.1 Å². The summed E-state index contributed by atoms with van der Waals surface area (Å²) in [5, 5.41) is 7.66. The first-order valence-electron chi connectivity index (χ1n) is 8.19. The zero-order valence-electron chi connectivity index (χ0n) is 13.7. The van der Waals surface area contributed by atoms with E-state index in [0.717, 1.165) is 34.7 Å². The smallest absolute Gasteiger partial charge is 0.228 e. The van der Waals surface area contributed by atoms with Crippen LogP contribution in [0.4, 0.5) is 16.0 Å². The largest absolute Gasteiger partial charge is 0.373 e. The van der Waals surface area contributed by atoms with Gasteiger partial charge in [0.15, 0.2) is 0 Å². The van der Waals surface area contributed by atoms with E-state index in [0.29, 0.717) is 11.6 Å². The van der Waals surface area contributed by atoms with Crippen molar-refractivity contribution >= 4 is 28.3 Å². The number of hydrogen-bond donors (Lipinski definition) is 2. The average Bonchev–Trinajstić information content (AvgIpc) is 3.47. The van der Waals surface area contributed by atoms with Crippen LogP contribution in [0.1, 0.15) is 12.8 Å². The molecule has 2 heterocycles. The van der Waals surface area contributed by atoms with Crippen LogP contribution >= 0.6 is 0 Å². The summed E-state index contributed by atoms with van der Waals surface area (Å²) in [6.45, 7) is 0. The highest BCUT2D eigenvalue weighted by Gasteiger charge is 2.29. The second kappa shape index (κ2) is 6.12. The highest BCUT2D eigenvalue weighted by atomic mass is 19.1. The van der Waals surface area contributed by atoms with Crippen LogP contribution in [0.2, 0.25) is 0 Å². The first kappa shape index (κ1) is 15.5. The predicted octanol–water partition coefficient (Wildman–Crippen LogP) is 3.83. The van der Waals surface area contributed by atoms with Crippen LogP contribution in [0.5, 0.6) is 0 Å². The number of pyridine rings is 2. The number of fused-ring (bicyclic) bond motifs is 1.